The number of nitrogens with two attached hydrogens (primary N) is 1. The highest BCUT2D eigenvalue weighted by molar-refractivity contribution is 7.97. The highest BCUT2D eigenvalue weighted by Crippen LogP contribution is 2.39. The van der Waals surface area contributed by atoms with E-state index >= 15 is 0 Å². The van der Waals surface area contributed by atoms with E-state index in [1.54, 1.807) is 0 Å². The number of rotatable bonds is 8. The van der Waals surface area contributed by atoms with Crippen LogP contribution in [0.4, 0.5) is 0 Å². The van der Waals surface area contributed by atoms with Gasteiger partial charge >= 0.3 is 0 Å². The average Bonchev–Trinajstić information content (AvgIpc) is 3.27. The minimum absolute atomic E-state index is 0.0437. The van der Waals surface area contributed by atoms with Gasteiger partial charge in [0.05, 0.1) is 0 Å². The lowest BCUT2D eigenvalue weighted by molar-refractivity contribution is 0.0956. The molecule has 1 aliphatic heterocycles. The van der Waals surface area contributed by atoms with Crippen molar-refractivity contribution in [2.45, 2.75) is 44.2 Å². The Kier molecular flexibility index (Phi) is 7.37. The maximum absolute atomic E-state index is 12.2. The van der Waals surface area contributed by atoms with Crippen LogP contribution in [-0.2, 0) is 0 Å². The van der Waals surface area contributed by atoms with Crippen molar-refractivity contribution in [3.05, 3.63) is 59.2 Å². The smallest absolute Gasteiger partial charge is 0.251 e. The van der Waals surface area contributed by atoms with E-state index in [0.717, 1.165) is 36.3 Å². The highest BCUT2D eigenvalue weighted by atomic mass is 32.2. The average molecular weight is 442 g/mol. The van der Waals surface area contributed by atoms with E-state index in [4.69, 9.17) is 14.6 Å². The first-order chi connectivity index (χ1) is 15.2. The van der Waals surface area contributed by atoms with E-state index in [-0.39, 0.29) is 11.9 Å². The Morgan fingerprint density at radius 2 is 1.97 bits per heavy atom. The molecule has 0 radical (unpaired) electrons. The molecule has 3 atom stereocenters. The van der Waals surface area contributed by atoms with E-state index in [1.807, 2.05) is 24.3 Å². The third-order valence-electron chi connectivity index (χ3n) is 6.13. The lowest BCUT2D eigenvalue weighted by Crippen LogP contribution is -2.30. The van der Waals surface area contributed by atoms with Crippen LogP contribution in [0.5, 0.6) is 11.5 Å². The molecule has 0 saturated heterocycles. The molecule has 1 aliphatic carbocycles. The zero-order valence-electron chi connectivity index (χ0n) is 17.9. The van der Waals surface area contributed by atoms with E-state index in [2.05, 4.69) is 35.8 Å². The van der Waals surface area contributed by atoms with Gasteiger partial charge in [-0.25, -0.2) is 0 Å². The number of benzene rings is 2. The van der Waals surface area contributed by atoms with Gasteiger partial charge in [0, 0.05) is 35.5 Å². The van der Waals surface area contributed by atoms with Gasteiger partial charge in [0.2, 0.25) is 0 Å². The first kappa shape index (κ1) is 22.0. The number of hydrogen-bond acceptors (Lipinski definition) is 6. The van der Waals surface area contributed by atoms with Crippen LogP contribution in [0.15, 0.2) is 42.5 Å². The summed E-state index contributed by atoms with van der Waals surface area (Å²) in [6.45, 7) is 3.98. The quantitative estimate of drug-likeness (QED) is 0.427. The molecule has 2 aromatic carbocycles. The van der Waals surface area contributed by atoms with Gasteiger partial charge in [-0.05, 0) is 55.9 Å². The van der Waals surface area contributed by atoms with E-state index in [9.17, 15) is 4.79 Å². The van der Waals surface area contributed by atoms with E-state index in [1.165, 1.54) is 17.5 Å². The Morgan fingerprint density at radius 3 is 2.77 bits per heavy atom. The summed E-state index contributed by atoms with van der Waals surface area (Å²) in [6, 6.07) is 14.8. The number of amides is 1. The number of hydrogen-bond donors (Lipinski definition) is 3. The summed E-state index contributed by atoms with van der Waals surface area (Å²) in [5.41, 5.74) is 3.16. The van der Waals surface area contributed by atoms with Gasteiger partial charge < -0.3 is 20.1 Å². The zero-order valence-corrected chi connectivity index (χ0v) is 18.8. The molecule has 2 aliphatic rings. The van der Waals surface area contributed by atoms with Crippen LogP contribution in [0.25, 0.3) is 0 Å². The molecule has 2 aromatic rings. The highest BCUT2D eigenvalue weighted by Gasteiger charge is 2.28. The Labute approximate surface area is 188 Å². The predicted molar refractivity (Wildman–Crippen MR) is 125 cm³/mol. The van der Waals surface area contributed by atoms with E-state index in [0.29, 0.717) is 43.0 Å². The van der Waals surface area contributed by atoms with Crippen molar-refractivity contribution >= 4 is 17.9 Å². The maximum atomic E-state index is 12.2. The fraction of sp³-hybridized carbons (Fsp3) is 0.458. The molecule has 1 saturated carbocycles. The second-order valence-corrected chi connectivity index (χ2v) is 8.96. The molecule has 0 aromatic heterocycles. The van der Waals surface area contributed by atoms with Crippen LogP contribution in [0, 0.1) is 0 Å². The Morgan fingerprint density at radius 1 is 1.16 bits per heavy atom. The molecule has 4 N–H and O–H groups in total. The van der Waals surface area contributed by atoms with Gasteiger partial charge in [0.1, 0.15) is 13.2 Å². The second-order valence-electron chi connectivity index (χ2n) is 8.22. The Balaban J connectivity index is 1.33. The summed E-state index contributed by atoms with van der Waals surface area (Å²) in [6.07, 6.45) is 3.38. The normalized spacial score (nSPS) is 21.0. The maximum Gasteiger partial charge on any atom is 0.251 e. The van der Waals surface area contributed by atoms with Crippen molar-refractivity contribution in [3.63, 3.8) is 0 Å². The third kappa shape index (κ3) is 5.34. The van der Waals surface area contributed by atoms with Crippen LogP contribution >= 0.6 is 11.9 Å². The van der Waals surface area contributed by atoms with Gasteiger partial charge in [0.25, 0.3) is 5.91 Å². The lowest BCUT2D eigenvalue weighted by atomic mass is 9.96. The first-order valence-corrected chi connectivity index (χ1v) is 12.0. The molecule has 4 rings (SSSR count). The van der Waals surface area contributed by atoms with Crippen LogP contribution < -0.4 is 25.2 Å². The van der Waals surface area contributed by atoms with Gasteiger partial charge in [-0.2, -0.15) is 0 Å². The van der Waals surface area contributed by atoms with Crippen LogP contribution in [0.1, 0.15) is 59.6 Å². The predicted octanol–water partition coefficient (Wildman–Crippen LogP) is 3.78. The number of ether oxygens (including phenoxy) is 2. The zero-order chi connectivity index (χ0) is 21.6. The van der Waals surface area contributed by atoms with Gasteiger partial charge in [-0.3, -0.25) is 9.93 Å². The number of carbonyl (C=O) groups excluding carboxylic acids is 1. The van der Waals surface area contributed by atoms with Crippen LogP contribution in [0.3, 0.4) is 0 Å². The number of nitrogens with one attached hydrogen (secondary N) is 2. The molecule has 3 unspecified atom stereocenters. The Hall–Kier alpha value is -2.22. The number of carbonyl (C=O) groups is 1. The summed E-state index contributed by atoms with van der Waals surface area (Å²) in [4.78, 5) is 12.2. The van der Waals surface area contributed by atoms with Crippen LogP contribution in [-0.4, -0.2) is 37.5 Å². The van der Waals surface area contributed by atoms with Gasteiger partial charge in [-0.15, -0.1) is 0 Å². The summed E-state index contributed by atoms with van der Waals surface area (Å²) in [7, 11) is 0. The molecular formula is C24H31N3O3S. The standard InChI is InChI=1S/C24H31N3O3S/c1-16(21-3-2-4-22-23(21)30-13-12-29-22)27-20-10-9-19(15-20)17-5-7-18(8-6-17)24(28)26-11-14-31-25/h2-8,16,19-20,27H,9-15,25H2,1H3,(H,26,28). The van der Waals surface area contributed by atoms with Crippen molar-refractivity contribution in [2.75, 3.05) is 25.5 Å². The van der Waals surface area contributed by atoms with Crippen molar-refractivity contribution < 1.29 is 14.3 Å². The molecule has 1 fully saturated rings. The second kappa shape index (κ2) is 10.4. The third-order valence-corrected chi connectivity index (χ3v) is 6.57. The van der Waals surface area contributed by atoms with Crippen molar-refractivity contribution in [1.29, 1.82) is 0 Å². The van der Waals surface area contributed by atoms with Crippen molar-refractivity contribution in [1.82, 2.24) is 10.6 Å². The summed E-state index contributed by atoms with van der Waals surface area (Å²) < 4.78 is 11.6. The van der Waals surface area contributed by atoms with Crippen molar-refractivity contribution in [2.24, 2.45) is 5.14 Å². The topological polar surface area (TPSA) is 85.6 Å². The Bertz CT molecular complexity index is 890. The fourth-order valence-electron chi connectivity index (χ4n) is 4.55. The summed E-state index contributed by atoms with van der Waals surface area (Å²) in [5, 5.41) is 12.1. The fourth-order valence-corrected chi connectivity index (χ4v) is 4.77. The largest absolute Gasteiger partial charge is 0.486 e. The van der Waals surface area contributed by atoms with E-state index < -0.39 is 0 Å². The number of fused-ring (bicyclic) bond motifs is 1. The molecule has 6 nitrogen and oxygen atoms in total. The lowest BCUT2D eigenvalue weighted by Gasteiger charge is -2.26. The van der Waals surface area contributed by atoms with Gasteiger partial charge in [0.15, 0.2) is 11.5 Å². The van der Waals surface area contributed by atoms with Crippen LogP contribution in [0.2, 0.25) is 0 Å². The molecule has 1 amide bonds. The summed E-state index contributed by atoms with van der Waals surface area (Å²) in [5.74, 6) is 2.90. The minimum atomic E-state index is -0.0437. The molecule has 7 heteroatoms. The number of para-hydroxylation sites is 1. The first-order valence-electron chi connectivity index (χ1n) is 11.0. The monoisotopic (exact) mass is 441 g/mol. The van der Waals surface area contributed by atoms with Gasteiger partial charge in [-0.1, -0.05) is 36.2 Å². The molecular weight excluding hydrogens is 410 g/mol. The summed E-state index contributed by atoms with van der Waals surface area (Å²) >= 11 is 1.23. The molecule has 166 valence electrons. The molecule has 0 bridgehead atoms. The SMILES string of the molecule is CC(NC1CCC(c2ccc(C(=O)NCCSN)cc2)C1)c1cccc2c1OCCO2. The minimum Gasteiger partial charge on any atom is -0.486 e. The molecule has 0 spiro atoms. The van der Waals surface area contributed by atoms with Crippen molar-refractivity contribution in [3.8, 4) is 11.5 Å². The molecule has 31 heavy (non-hydrogen) atoms. The molecule has 1 heterocycles.